The number of halogens is 2. The number of hydrogen-bond acceptors (Lipinski definition) is 5. The number of hydrogen-bond donors (Lipinski definition) is 0. The molecule has 8 heteroatoms. The largest absolute Gasteiger partial charge is 0.493 e. The molecule has 0 bridgehead atoms. The molecule has 0 spiro atoms. The molecule has 0 heterocycles. The van der Waals surface area contributed by atoms with Crippen molar-refractivity contribution in [3.05, 3.63) is 28.7 Å². The summed E-state index contributed by atoms with van der Waals surface area (Å²) in [6.45, 7) is -3.11. The van der Waals surface area contributed by atoms with Crippen LogP contribution in [0.1, 0.15) is 5.56 Å². The van der Waals surface area contributed by atoms with E-state index in [4.69, 9.17) is 10.00 Å². The highest BCUT2D eigenvalue weighted by Crippen LogP contribution is 2.34. The maximum Gasteiger partial charge on any atom is 0.387 e. The Kier molecular flexibility index (Phi) is 5.05. The zero-order valence-electron chi connectivity index (χ0n) is 10.6. The van der Waals surface area contributed by atoms with E-state index in [2.05, 4.69) is 4.74 Å². The predicted octanol–water partition coefficient (Wildman–Crippen LogP) is 2.21. The minimum atomic E-state index is -3.76. The Labute approximate surface area is 115 Å². The van der Waals surface area contributed by atoms with Crippen molar-refractivity contribution in [2.75, 3.05) is 13.4 Å². The summed E-state index contributed by atoms with van der Waals surface area (Å²) >= 11 is 0. The second-order valence-corrected chi connectivity index (χ2v) is 5.63. The fourth-order valence-corrected chi connectivity index (χ4v) is 1.89. The van der Waals surface area contributed by atoms with Crippen molar-refractivity contribution < 1.29 is 26.7 Å². The molecule has 0 saturated carbocycles. The van der Waals surface area contributed by atoms with Crippen molar-refractivity contribution in [3.8, 4) is 17.6 Å². The number of sulfone groups is 1. The molecule has 0 amide bonds. The van der Waals surface area contributed by atoms with Crippen molar-refractivity contribution in [2.24, 2.45) is 0 Å². The van der Waals surface area contributed by atoms with Gasteiger partial charge in [-0.3, -0.25) is 0 Å². The molecular formula is C12H11F2NO4S. The molecule has 1 rings (SSSR count). The Balaban J connectivity index is 3.45. The maximum atomic E-state index is 12.4. The van der Waals surface area contributed by atoms with Crippen molar-refractivity contribution in [1.29, 1.82) is 5.26 Å². The van der Waals surface area contributed by atoms with E-state index in [1.807, 2.05) is 0 Å². The fraction of sp³-hybridized carbons (Fsp3) is 0.250. The summed E-state index contributed by atoms with van der Waals surface area (Å²) in [4.78, 5) is -0.565. The molecule has 108 valence electrons. The number of para-hydroxylation sites is 1. The van der Waals surface area contributed by atoms with Crippen LogP contribution >= 0.6 is 0 Å². The lowest BCUT2D eigenvalue weighted by molar-refractivity contribution is -0.0513. The van der Waals surface area contributed by atoms with Gasteiger partial charge in [-0.15, -0.1) is 0 Å². The topological polar surface area (TPSA) is 76.4 Å². The van der Waals surface area contributed by atoms with Gasteiger partial charge in [0.05, 0.1) is 7.11 Å². The van der Waals surface area contributed by atoms with Gasteiger partial charge in [0.2, 0.25) is 0 Å². The normalized spacial score (nSPS) is 12.1. The Morgan fingerprint density at radius 2 is 2.10 bits per heavy atom. The number of benzene rings is 1. The monoisotopic (exact) mass is 303 g/mol. The van der Waals surface area contributed by atoms with Crippen LogP contribution in [-0.2, 0) is 9.84 Å². The molecule has 0 unspecified atom stereocenters. The van der Waals surface area contributed by atoms with Crippen LogP contribution in [0.3, 0.4) is 0 Å². The number of methoxy groups -OCH3 is 1. The molecule has 0 radical (unpaired) electrons. The SMILES string of the molecule is COc1cccc(/C=C(\C#N)S(C)(=O)=O)c1OC(F)F. The van der Waals surface area contributed by atoms with Gasteiger partial charge in [-0.1, -0.05) is 12.1 Å². The second kappa shape index (κ2) is 6.34. The van der Waals surface area contributed by atoms with Crippen LogP contribution in [-0.4, -0.2) is 28.4 Å². The molecule has 0 aliphatic carbocycles. The summed E-state index contributed by atoms with van der Waals surface area (Å²) in [5.41, 5.74) is 0.00613. The average Bonchev–Trinajstić information content (AvgIpc) is 2.35. The summed E-state index contributed by atoms with van der Waals surface area (Å²) in [6, 6.07) is 5.67. The van der Waals surface area contributed by atoms with E-state index in [0.717, 1.165) is 12.3 Å². The van der Waals surface area contributed by atoms with E-state index in [1.165, 1.54) is 31.4 Å². The van der Waals surface area contributed by atoms with Crippen LogP contribution in [0.4, 0.5) is 8.78 Å². The van der Waals surface area contributed by atoms with Gasteiger partial charge in [0.15, 0.2) is 21.3 Å². The van der Waals surface area contributed by atoms with Crippen molar-refractivity contribution in [1.82, 2.24) is 0 Å². The highest BCUT2D eigenvalue weighted by molar-refractivity contribution is 7.95. The second-order valence-electron chi connectivity index (χ2n) is 3.65. The quantitative estimate of drug-likeness (QED) is 0.779. The first-order valence-corrected chi connectivity index (χ1v) is 7.12. The van der Waals surface area contributed by atoms with Crippen molar-refractivity contribution >= 4 is 15.9 Å². The summed E-state index contributed by atoms with van der Waals surface area (Å²) in [5.74, 6) is -0.328. The van der Waals surface area contributed by atoms with E-state index in [-0.39, 0.29) is 17.1 Å². The number of ether oxygens (including phenoxy) is 2. The van der Waals surface area contributed by atoms with Gasteiger partial charge in [-0.25, -0.2) is 8.42 Å². The summed E-state index contributed by atoms with van der Waals surface area (Å²) in [7, 11) is -2.51. The molecular weight excluding hydrogens is 292 g/mol. The van der Waals surface area contributed by atoms with Crippen LogP contribution in [0.15, 0.2) is 23.1 Å². The number of allylic oxidation sites excluding steroid dienone is 1. The first-order chi connectivity index (χ1) is 9.29. The zero-order chi connectivity index (χ0) is 15.3. The Morgan fingerprint density at radius 3 is 2.55 bits per heavy atom. The molecule has 1 aromatic rings. The molecule has 20 heavy (non-hydrogen) atoms. The first kappa shape index (κ1) is 15.9. The van der Waals surface area contributed by atoms with Crippen molar-refractivity contribution in [2.45, 2.75) is 6.61 Å². The average molecular weight is 303 g/mol. The van der Waals surface area contributed by atoms with E-state index < -0.39 is 21.4 Å². The molecule has 0 saturated heterocycles. The maximum absolute atomic E-state index is 12.4. The molecule has 0 fully saturated rings. The molecule has 0 N–H and O–H groups in total. The summed E-state index contributed by atoms with van der Waals surface area (Å²) < 4.78 is 56.7. The van der Waals surface area contributed by atoms with E-state index in [1.54, 1.807) is 0 Å². The summed E-state index contributed by atoms with van der Waals surface area (Å²) in [5, 5.41) is 8.80. The standard InChI is InChI=1S/C12H11F2NO4S/c1-18-10-5-3-4-8(11(10)19-12(13)14)6-9(7-15)20(2,16)17/h3-6,12H,1-2H3/b9-6+. The molecule has 0 aliphatic heterocycles. The Morgan fingerprint density at radius 1 is 1.45 bits per heavy atom. The van der Waals surface area contributed by atoms with Gasteiger partial charge in [0.25, 0.3) is 0 Å². The molecule has 0 aromatic heterocycles. The Hall–Kier alpha value is -2.14. The van der Waals surface area contributed by atoms with E-state index in [0.29, 0.717) is 0 Å². The van der Waals surface area contributed by atoms with Crippen LogP contribution < -0.4 is 9.47 Å². The third-order valence-corrected chi connectivity index (χ3v) is 3.24. The van der Waals surface area contributed by atoms with Gasteiger partial charge in [0.1, 0.15) is 11.0 Å². The lowest BCUT2D eigenvalue weighted by atomic mass is 10.1. The third-order valence-electron chi connectivity index (χ3n) is 2.23. The van der Waals surface area contributed by atoms with Crippen LogP contribution in [0.25, 0.3) is 6.08 Å². The lowest BCUT2D eigenvalue weighted by Crippen LogP contribution is -2.05. The summed E-state index contributed by atoms with van der Waals surface area (Å²) in [6.07, 6.45) is 1.80. The minimum Gasteiger partial charge on any atom is -0.493 e. The van der Waals surface area contributed by atoms with Crippen molar-refractivity contribution in [3.63, 3.8) is 0 Å². The number of alkyl halides is 2. The van der Waals surface area contributed by atoms with Gasteiger partial charge >= 0.3 is 6.61 Å². The van der Waals surface area contributed by atoms with Crippen LogP contribution in [0.2, 0.25) is 0 Å². The van der Waals surface area contributed by atoms with Gasteiger partial charge in [-0.05, 0) is 12.1 Å². The Bertz CT molecular complexity index is 663. The zero-order valence-corrected chi connectivity index (χ0v) is 11.4. The molecule has 1 aromatic carbocycles. The smallest absolute Gasteiger partial charge is 0.387 e. The number of nitrogens with zero attached hydrogens (tertiary/aromatic N) is 1. The third kappa shape index (κ3) is 3.93. The minimum absolute atomic E-state index is 0.00448. The predicted molar refractivity (Wildman–Crippen MR) is 68.1 cm³/mol. The first-order valence-electron chi connectivity index (χ1n) is 5.23. The van der Waals surface area contributed by atoms with Crippen LogP contribution in [0.5, 0.6) is 11.5 Å². The lowest BCUT2D eigenvalue weighted by Gasteiger charge is -2.12. The van der Waals surface area contributed by atoms with E-state index >= 15 is 0 Å². The van der Waals surface area contributed by atoms with Crippen LogP contribution in [0, 0.1) is 11.3 Å². The molecule has 0 aliphatic rings. The molecule has 0 atom stereocenters. The van der Waals surface area contributed by atoms with Gasteiger partial charge in [-0.2, -0.15) is 14.0 Å². The molecule has 5 nitrogen and oxygen atoms in total. The van der Waals surface area contributed by atoms with Gasteiger partial charge < -0.3 is 9.47 Å². The number of nitriles is 1. The van der Waals surface area contributed by atoms with Gasteiger partial charge in [0, 0.05) is 11.8 Å². The van der Waals surface area contributed by atoms with E-state index in [9.17, 15) is 17.2 Å². The fourth-order valence-electron chi connectivity index (χ4n) is 1.39. The highest BCUT2D eigenvalue weighted by Gasteiger charge is 2.17. The number of rotatable bonds is 5. The highest BCUT2D eigenvalue weighted by atomic mass is 32.2.